The van der Waals surface area contributed by atoms with Crippen molar-refractivity contribution in [2.24, 2.45) is 16.4 Å². The molecule has 0 aromatic heterocycles. The Morgan fingerprint density at radius 2 is 1.70 bits per heavy atom. The van der Waals surface area contributed by atoms with Crippen molar-refractivity contribution in [1.82, 2.24) is 10.2 Å². The zero-order valence-electron chi connectivity index (χ0n) is 19.5. The second-order valence-corrected chi connectivity index (χ2v) is 8.78. The monoisotopic (exact) mass is 427 g/mol. The first-order chi connectivity index (χ1) is 13.8. The Bertz CT molecular complexity index is 643. The van der Waals surface area contributed by atoms with E-state index in [0.717, 1.165) is 0 Å². The van der Waals surface area contributed by atoms with Crippen LogP contribution in [0.15, 0.2) is 5.11 Å². The molecule has 0 heterocycles. The summed E-state index contributed by atoms with van der Waals surface area (Å²) in [4.78, 5) is 42.5. The molecular weight excluding hydrogens is 390 g/mol. The standard InChI is InChI=1S/C20H37N5O5/c1-9-29-17(27)19(4,5)12-15(16(26)22-14(2)3)13-20(6,23-24-21)18(28)30-11-10-25(7)8/h14-15H,9-13H2,1-8H3,(H,22,26). The first kappa shape index (κ1) is 27.7. The van der Waals surface area contributed by atoms with Crippen LogP contribution in [0.4, 0.5) is 0 Å². The second kappa shape index (κ2) is 12.4. The van der Waals surface area contributed by atoms with Crippen molar-refractivity contribution in [2.45, 2.75) is 66.0 Å². The van der Waals surface area contributed by atoms with Gasteiger partial charge in [-0.2, -0.15) is 0 Å². The van der Waals surface area contributed by atoms with Crippen LogP contribution < -0.4 is 5.32 Å². The number of nitrogens with one attached hydrogen (secondary N) is 1. The molecule has 0 bridgehead atoms. The molecule has 0 fully saturated rings. The molecule has 172 valence electrons. The Labute approximate surface area is 179 Å². The minimum atomic E-state index is -1.59. The number of hydrogen-bond acceptors (Lipinski definition) is 7. The fraction of sp³-hybridized carbons (Fsp3) is 0.850. The van der Waals surface area contributed by atoms with E-state index in [1.807, 2.05) is 32.8 Å². The van der Waals surface area contributed by atoms with Crippen molar-refractivity contribution in [3.63, 3.8) is 0 Å². The highest BCUT2D eigenvalue weighted by Gasteiger charge is 2.42. The van der Waals surface area contributed by atoms with E-state index >= 15 is 0 Å². The number of azide groups is 1. The summed E-state index contributed by atoms with van der Waals surface area (Å²) in [5.74, 6) is -2.25. The summed E-state index contributed by atoms with van der Waals surface area (Å²) in [7, 11) is 3.68. The molecule has 0 saturated carbocycles. The molecule has 0 aromatic carbocycles. The van der Waals surface area contributed by atoms with Gasteiger partial charge in [0.1, 0.15) is 12.1 Å². The molecule has 30 heavy (non-hydrogen) atoms. The molecule has 0 aliphatic rings. The van der Waals surface area contributed by atoms with E-state index in [1.54, 1.807) is 20.8 Å². The van der Waals surface area contributed by atoms with E-state index in [9.17, 15) is 14.4 Å². The van der Waals surface area contributed by atoms with Crippen LogP contribution in [0, 0.1) is 11.3 Å². The van der Waals surface area contributed by atoms with Crippen LogP contribution in [-0.4, -0.2) is 68.2 Å². The Hall–Kier alpha value is -2.32. The van der Waals surface area contributed by atoms with E-state index in [1.165, 1.54) is 6.92 Å². The zero-order chi connectivity index (χ0) is 23.5. The molecule has 1 amide bonds. The number of rotatable bonds is 13. The summed E-state index contributed by atoms with van der Waals surface area (Å²) in [6.45, 7) is 11.0. The van der Waals surface area contributed by atoms with Crippen LogP contribution in [0.5, 0.6) is 0 Å². The van der Waals surface area contributed by atoms with Crippen molar-refractivity contribution >= 4 is 17.8 Å². The summed E-state index contributed by atoms with van der Waals surface area (Å²) in [5.41, 5.74) is 6.46. The minimum absolute atomic E-state index is 0.0980. The largest absolute Gasteiger partial charge is 0.466 e. The Balaban J connectivity index is 5.72. The summed E-state index contributed by atoms with van der Waals surface area (Å²) in [6, 6.07) is -0.136. The van der Waals surface area contributed by atoms with Crippen LogP contribution in [0.1, 0.15) is 54.4 Å². The highest BCUT2D eigenvalue weighted by atomic mass is 16.5. The second-order valence-electron chi connectivity index (χ2n) is 8.78. The molecule has 0 saturated heterocycles. The maximum atomic E-state index is 12.9. The molecule has 1 N–H and O–H groups in total. The maximum Gasteiger partial charge on any atom is 0.317 e. The van der Waals surface area contributed by atoms with Gasteiger partial charge in [-0.05, 0) is 74.0 Å². The molecule has 0 rings (SSSR count). The molecule has 10 heteroatoms. The fourth-order valence-electron chi connectivity index (χ4n) is 2.91. The SMILES string of the molecule is CCOC(=O)C(C)(C)CC(CC(C)(N=[N+]=[N-])C(=O)OCCN(C)C)C(=O)NC(C)C. The van der Waals surface area contributed by atoms with Crippen LogP contribution >= 0.6 is 0 Å². The van der Waals surface area contributed by atoms with Gasteiger partial charge in [-0.25, -0.2) is 0 Å². The first-order valence-electron chi connectivity index (χ1n) is 10.1. The lowest BCUT2D eigenvalue weighted by molar-refractivity contribution is -0.155. The number of hydrogen-bond donors (Lipinski definition) is 1. The number of amides is 1. The lowest BCUT2D eigenvalue weighted by atomic mass is 9.77. The topological polar surface area (TPSA) is 134 Å². The summed E-state index contributed by atoms with van der Waals surface area (Å²) in [6.07, 6.45) is 0.0190. The molecule has 0 radical (unpaired) electrons. The normalized spacial score (nSPS) is 14.5. The molecule has 0 aromatic rings. The van der Waals surface area contributed by atoms with Gasteiger partial charge >= 0.3 is 11.9 Å². The van der Waals surface area contributed by atoms with Gasteiger partial charge in [0.2, 0.25) is 5.91 Å². The lowest BCUT2D eigenvalue weighted by Gasteiger charge is -2.32. The third-order valence-corrected chi connectivity index (χ3v) is 4.51. The Morgan fingerprint density at radius 1 is 1.10 bits per heavy atom. The Kier molecular flexibility index (Phi) is 11.4. The first-order valence-corrected chi connectivity index (χ1v) is 10.1. The summed E-state index contributed by atoms with van der Waals surface area (Å²) < 4.78 is 10.4. The number of carbonyl (C=O) groups excluding carboxylic acids is 3. The number of carbonyl (C=O) groups is 3. The van der Waals surface area contributed by atoms with Gasteiger partial charge in [-0.1, -0.05) is 5.11 Å². The van der Waals surface area contributed by atoms with Crippen molar-refractivity contribution in [3.05, 3.63) is 10.4 Å². The molecule has 10 nitrogen and oxygen atoms in total. The van der Waals surface area contributed by atoms with Gasteiger partial charge < -0.3 is 19.7 Å². The van der Waals surface area contributed by atoms with Gasteiger partial charge in [-0.3, -0.25) is 14.4 Å². The van der Waals surface area contributed by atoms with Crippen molar-refractivity contribution in [1.29, 1.82) is 0 Å². The van der Waals surface area contributed by atoms with Gasteiger partial charge in [0.05, 0.1) is 12.0 Å². The molecule has 0 aliphatic heterocycles. The minimum Gasteiger partial charge on any atom is -0.466 e. The van der Waals surface area contributed by atoms with Crippen LogP contribution in [0.25, 0.3) is 10.4 Å². The average molecular weight is 428 g/mol. The van der Waals surface area contributed by atoms with E-state index in [-0.39, 0.29) is 38.0 Å². The van der Waals surface area contributed by atoms with Gasteiger partial charge in [0, 0.05) is 23.4 Å². The summed E-state index contributed by atoms with van der Waals surface area (Å²) in [5, 5.41) is 6.48. The van der Waals surface area contributed by atoms with E-state index in [4.69, 9.17) is 15.0 Å². The van der Waals surface area contributed by atoms with E-state index in [2.05, 4.69) is 15.3 Å². The van der Waals surface area contributed by atoms with Gasteiger partial charge in [0.25, 0.3) is 0 Å². The fourth-order valence-corrected chi connectivity index (χ4v) is 2.91. The Morgan fingerprint density at radius 3 is 2.17 bits per heavy atom. The quantitative estimate of drug-likeness (QED) is 0.208. The number of nitrogens with zero attached hydrogens (tertiary/aromatic N) is 4. The van der Waals surface area contributed by atoms with Crippen molar-refractivity contribution in [3.8, 4) is 0 Å². The van der Waals surface area contributed by atoms with E-state index in [0.29, 0.717) is 6.54 Å². The van der Waals surface area contributed by atoms with Crippen LogP contribution in [-0.2, 0) is 23.9 Å². The summed E-state index contributed by atoms with van der Waals surface area (Å²) >= 11 is 0. The number of esters is 2. The third kappa shape index (κ3) is 9.45. The molecule has 0 spiro atoms. The van der Waals surface area contributed by atoms with Crippen LogP contribution in [0.2, 0.25) is 0 Å². The number of likely N-dealkylation sites (N-methyl/N-ethyl adjacent to an activating group) is 1. The third-order valence-electron chi connectivity index (χ3n) is 4.51. The van der Waals surface area contributed by atoms with Gasteiger partial charge in [0.15, 0.2) is 0 Å². The highest BCUT2D eigenvalue weighted by Crippen LogP contribution is 2.34. The molecule has 0 aliphatic carbocycles. The number of ether oxygens (including phenoxy) is 2. The predicted molar refractivity (Wildman–Crippen MR) is 113 cm³/mol. The van der Waals surface area contributed by atoms with Gasteiger partial charge in [-0.15, -0.1) is 0 Å². The predicted octanol–water partition coefficient (Wildman–Crippen LogP) is 2.67. The zero-order valence-corrected chi connectivity index (χ0v) is 19.5. The molecular formula is C20H37N5O5. The average Bonchev–Trinajstić information content (AvgIpc) is 2.60. The molecule has 2 atom stereocenters. The smallest absolute Gasteiger partial charge is 0.317 e. The van der Waals surface area contributed by atoms with Crippen LogP contribution in [0.3, 0.4) is 0 Å². The van der Waals surface area contributed by atoms with Crippen molar-refractivity contribution in [2.75, 3.05) is 33.9 Å². The van der Waals surface area contributed by atoms with E-state index < -0.39 is 28.8 Å². The molecule has 2 unspecified atom stereocenters. The van der Waals surface area contributed by atoms with Crippen molar-refractivity contribution < 1.29 is 23.9 Å². The highest BCUT2D eigenvalue weighted by molar-refractivity contribution is 5.85. The maximum absolute atomic E-state index is 12.9. The lowest BCUT2D eigenvalue weighted by Crippen LogP contribution is -2.45.